The van der Waals surface area contributed by atoms with Crippen LogP contribution in [0.2, 0.25) is 5.02 Å². The molecule has 6 nitrogen and oxygen atoms in total. The minimum atomic E-state index is 0.700. The molecule has 0 unspecified atom stereocenters. The summed E-state index contributed by atoms with van der Waals surface area (Å²) in [7, 11) is 4.14. The number of hydrogen-bond donors (Lipinski definition) is 0. The Morgan fingerprint density at radius 3 is 2.50 bits per heavy atom. The summed E-state index contributed by atoms with van der Waals surface area (Å²) in [6.07, 6.45) is 3.43. The van der Waals surface area contributed by atoms with Crippen molar-refractivity contribution in [3.8, 4) is 5.69 Å². The highest BCUT2D eigenvalue weighted by Crippen LogP contribution is 2.25. The second-order valence-corrected chi connectivity index (χ2v) is 6.29. The molecule has 0 aliphatic carbocycles. The van der Waals surface area contributed by atoms with Crippen LogP contribution in [0.4, 0.5) is 5.82 Å². The summed E-state index contributed by atoms with van der Waals surface area (Å²) in [6.45, 7) is 4.88. The molecule has 0 amide bonds. The molecule has 2 aromatic heterocycles. The van der Waals surface area contributed by atoms with E-state index in [1.165, 1.54) is 0 Å². The van der Waals surface area contributed by atoms with Gasteiger partial charge in [-0.2, -0.15) is 5.10 Å². The standard InChI is InChI=1S/C17H21ClN6/c1-4-23(10-9-22(2)3)16-15-11-21-24(17(15)20-12-19-16)14-7-5-13(18)6-8-14/h5-8,11-12H,4,9-10H2,1-3H3. The van der Waals surface area contributed by atoms with E-state index < -0.39 is 0 Å². The number of hydrogen-bond acceptors (Lipinski definition) is 5. The summed E-state index contributed by atoms with van der Waals surface area (Å²) in [5.74, 6) is 0.921. The predicted octanol–water partition coefficient (Wildman–Crippen LogP) is 2.86. The topological polar surface area (TPSA) is 50.1 Å². The molecule has 24 heavy (non-hydrogen) atoms. The fourth-order valence-corrected chi connectivity index (χ4v) is 2.72. The van der Waals surface area contributed by atoms with Crippen LogP contribution < -0.4 is 4.90 Å². The molecule has 0 radical (unpaired) electrons. The van der Waals surface area contributed by atoms with E-state index in [9.17, 15) is 0 Å². The van der Waals surface area contributed by atoms with Crippen LogP contribution in [0.1, 0.15) is 6.92 Å². The van der Waals surface area contributed by atoms with E-state index in [1.54, 1.807) is 6.33 Å². The normalized spacial score (nSPS) is 11.4. The number of anilines is 1. The Morgan fingerprint density at radius 2 is 1.83 bits per heavy atom. The highest BCUT2D eigenvalue weighted by molar-refractivity contribution is 6.30. The van der Waals surface area contributed by atoms with Crippen LogP contribution in [0.15, 0.2) is 36.8 Å². The first-order chi connectivity index (χ1) is 11.6. The van der Waals surface area contributed by atoms with E-state index in [4.69, 9.17) is 11.6 Å². The summed E-state index contributed by atoms with van der Waals surface area (Å²) in [5.41, 5.74) is 1.72. The highest BCUT2D eigenvalue weighted by Gasteiger charge is 2.15. The average Bonchev–Trinajstić information content (AvgIpc) is 3.00. The number of aromatic nitrogens is 4. The van der Waals surface area contributed by atoms with Gasteiger partial charge < -0.3 is 9.80 Å². The zero-order chi connectivity index (χ0) is 17.1. The summed E-state index contributed by atoms with van der Waals surface area (Å²) in [6, 6.07) is 7.56. The third-order valence-electron chi connectivity index (χ3n) is 3.91. The Hall–Kier alpha value is -2.18. The largest absolute Gasteiger partial charge is 0.355 e. The second kappa shape index (κ2) is 7.15. The van der Waals surface area contributed by atoms with Gasteiger partial charge in [0.2, 0.25) is 0 Å². The molecule has 0 aliphatic heterocycles. The molecule has 0 saturated heterocycles. The summed E-state index contributed by atoms with van der Waals surface area (Å²) >= 11 is 5.97. The van der Waals surface area contributed by atoms with Crippen LogP contribution in [0.25, 0.3) is 16.7 Å². The summed E-state index contributed by atoms with van der Waals surface area (Å²) in [4.78, 5) is 13.3. The molecule has 0 N–H and O–H groups in total. The molecule has 126 valence electrons. The zero-order valence-corrected chi connectivity index (χ0v) is 14.9. The lowest BCUT2D eigenvalue weighted by Crippen LogP contribution is -2.32. The van der Waals surface area contributed by atoms with Crippen molar-refractivity contribution in [2.24, 2.45) is 0 Å². The molecule has 0 fully saturated rings. The van der Waals surface area contributed by atoms with E-state index in [0.717, 1.165) is 42.2 Å². The van der Waals surface area contributed by atoms with E-state index in [-0.39, 0.29) is 0 Å². The van der Waals surface area contributed by atoms with Gasteiger partial charge in [-0.05, 0) is 45.3 Å². The maximum absolute atomic E-state index is 5.97. The maximum atomic E-state index is 5.97. The van der Waals surface area contributed by atoms with Gasteiger partial charge in [0.15, 0.2) is 5.65 Å². The van der Waals surface area contributed by atoms with Crippen molar-refractivity contribution in [2.75, 3.05) is 38.6 Å². The highest BCUT2D eigenvalue weighted by atomic mass is 35.5. The van der Waals surface area contributed by atoms with Crippen LogP contribution in [0.3, 0.4) is 0 Å². The van der Waals surface area contributed by atoms with E-state index in [1.807, 2.05) is 35.1 Å². The predicted molar refractivity (Wildman–Crippen MR) is 98.1 cm³/mol. The van der Waals surface area contributed by atoms with Crippen LogP contribution in [-0.4, -0.2) is 58.4 Å². The van der Waals surface area contributed by atoms with E-state index in [0.29, 0.717) is 5.02 Å². The molecule has 0 aliphatic rings. The fourth-order valence-electron chi connectivity index (χ4n) is 2.59. The first-order valence-electron chi connectivity index (χ1n) is 7.94. The molecule has 3 aromatic rings. The Bertz CT molecular complexity index is 812. The molecule has 0 saturated carbocycles. The summed E-state index contributed by atoms with van der Waals surface area (Å²) in [5, 5.41) is 6.15. The molecule has 0 bridgehead atoms. The Morgan fingerprint density at radius 1 is 1.08 bits per heavy atom. The molecule has 0 atom stereocenters. The minimum absolute atomic E-state index is 0.700. The third kappa shape index (κ3) is 3.34. The number of benzene rings is 1. The summed E-state index contributed by atoms with van der Waals surface area (Å²) < 4.78 is 1.82. The molecule has 7 heteroatoms. The quantitative estimate of drug-likeness (QED) is 0.688. The van der Waals surface area contributed by atoms with Crippen LogP contribution in [0.5, 0.6) is 0 Å². The Labute approximate surface area is 146 Å². The monoisotopic (exact) mass is 344 g/mol. The SMILES string of the molecule is CCN(CCN(C)C)c1ncnc2c1cnn2-c1ccc(Cl)cc1. The first kappa shape index (κ1) is 16.7. The minimum Gasteiger partial charge on any atom is -0.355 e. The van der Waals surface area contributed by atoms with Gasteiger partial charge in [-0.3, -0.25) is 0 Å². The van der Waals surface area contributed by atoms with Gasteiger partial charge >= 0.3 is 0 Å². The average molecular weight is 345 g/mol. The molecular formula is C17H21ClN6. The lowest BCUT2D eigenvalue weighted by atomic mass is 10.3. The van der Waals surface area contributed by atoms with E-state index in [2.05, 4.69) is 45.9 Å². The number of likely N-dealkylation sites (N-methyl/N-ethyl adjacent to an activating group) is 2. The van der Waals surface area contributed by atoms with Gasteiger partial charge in [-0.1, -0.05) is 11.6 Å². The number of rotatable bonds is 6. The lowest BCUT2D eigenvalue weighted by molar-refractivity contribution is 0.413. The number of halogens is 1. The van der Waals surface area contributed by atoms with Gasteiger partial charge in [0, 0.05) is 24.7 Å². The molecule has 2 heterocycles. The lowest BCUT2D eigenvalue weighted by Gasteiger charge is -2.24. The van der Waals surface area contributed by atoms with E-state index >= 15 is 0 Å². The van der Waals surface area contributed by atoms with Crippen molar-refractivity contribution in [3.63, 3.8) is 0 Å². The smallest absolute Gasteiger partial charge is 0.168 e. The van der Waals surface area contributed by atoms with Crippen molar-refractivity contribution >= 4 is 28.5 Å². The van der Waals surface area contributed by atoms with Gasteiger partial charge in [-0.15, -0.1) is 0 Å². The zero-order valence-electron chi connectivity index (χ0n) is 14.1. The van der Waals surface area contributed by atoms with Crippen LogP contribution >= 0.6 is 11.6 Å². The van der Waals surface area contributed by atoms with Gasteiger partial charge in [0.05, 0.1) is 17.3 Å². The number of nitrogens with zero attached hydrogens (tertiary/aromatic N) is 6. The third-order valence-corrected chi connectivity index (χ3v) is 4.17. The Balaban J connectivity index is 2.01. The number of fused-ring (bicyclic) bond motifs is 1. The van der Waals surface area contributed by atoms with Crippen molar-refractivity contribution in [1.82, 2.24) is 24.6 Å². The first-order valence-corrected chi connectivity index (χ1v) is 8.32. The molecular weight excluding hydrogens is 324 g/mol. The molecule has 0 spiro atoms. The second-order valence-electron chi connectivity index (χ2n) is 5.85. The maximum Gasteiger partial charge on any atom is 0.168 e. The van der Waals surface area contributed by atoms with Crippen LogP contribution in [-0.2, 0) is 0 Å². The van der Waals surface area contributed by atoms with Gasteiger partial charge in [-0.25, -0.2) is 14.6 Å². The molecule has 3 rings (SSSR count). The van der Waals surface area contributed by atoms with Crippen LogP contribution in [0, 0.1) is 0 Å². The van der Waals surface area contributed by atoms with Crippen molar-refractivity contribution in [3.05, 3.63) is 41.8 Å². The van der Waals surface area contributed by atoms with Crippen molar-refractivity contribution < 1.29 is 0 Å². The van der Waals surface area contributed by atoms with Gasteiger partial charge in [0.25, 0.3) is 0 Å². The van der Waals surface area contributed by atoms with Gasteiger partial charge in [0.1, 0.15) is 12.1 Å². The fraction of sp³-hybridized carbons (Fsp3) is 0.353. The van der Waals surface area contributed by atoms with Crippen molar-refractivity contribution in [2.45, 2.75) is 6.92 Å². The van der Waals surface area contributed by atoms with Crippen molar-refractivity contribution in [1.29, 1.82) is 0 Å². The molecule has 1 aromatic carbocycles. The Kier molecular flexibility index (Phi) is 4.97.